The molecule has 1 aromatic rings. The number of carbonyl (C=O) groups excluding carboxylic acids is 1. The van der Waals surface area contributed by atoms with Gasteiger partial charge in [-0.1, -0.05) is 13.0 Å². The molecule has 7 nitrogen and oxygen atoms in total. The Hall–Kier alpha value is -0.910. The molecule has 2 unspecified atom stereocenters. The molecule has 0 aromatic carbocycles. The molecule has 1 fully saturated rings. The van der Waals surface area contributed by atoms with Crippen LogP contribution in [0, 0.1) is 0 Å². The van der Waals surface area contributed by atoms with Crippen LogP contribution in [0.15, 0.2) is 22.5 Å². The third-order valence-corrected chi connectivity index (χ3v) is 5.43. The van der Waals surface area contributed by atoms with Gasteiger partial charge in [-0.15, -0.1) is 35.3 Å². The van der Waals surface area contributed by atoms with Crippen LogP contribution in [-0.2, 0) is 9.53 Å². The minimum Gasteiger partial charge on any atom is -0.376 e. The highest BCUT2D eigenvalue weighted by atomic mass is 127. The lowest BCUT2D eigenvalue weighted by Gasteiger charge is -2.37. The summed E-state index contributed by atoms with van der Waals surface area (Å²) in [7, 11) is 3.49. The number of guanidine groups is 1. The van der Waals surface area contributed by atoms with Gasteiger partial charge in [0.05, 0.1) is 18.8 Å². The van der Waals surface area contributed by atoms with Crippen molar-refractivity contribution >= 4 is 47.2 Å². The summed E-state index contributed by atoms with van der Waals surface area (Å²) in [6.45, 7) is 8.52. The van der Waals surface area contributed by atoms with Crippen LogP contribution in [0.3, 0.4) is 0 Å². The molecule has 0 spiro atoms. The molecule has 1 amide bonds. The number of hydrogen-bond acceptors (Lipinski definition) is 5. The van der Waals surface area contributed by atoms with E-state index in [0.717, 1.165) is 39.2 Å². The molecule has 0 aliphatic carbocycles. The van der Waals surface area contributed by atoms with Crippen molar-refractivity contribution in [1.29, 1.82) is 0 Å². The smallest absolute Gasteiger partial charge is 0.243 e. The molecule has 0 bridgehead atoms. The van der Waals surface area contributed by atoms with E-state index in [-0.39, 0.29) is 48.6 Å². The van der Waals surface area contributed by atoms with Gasteiger partial charge < -0.3 is 20.3 Å². The van der Waals surface area contributed by atoms with Crippen molar-refractivity contribution < 1.29 is 9.53 Å². The predicted octanol–water partition coefficient (Wildman–Crippen LogP) is 2.16. The van der Waals surface area contributed by atoms with Gasteiger partial charge in [0.25, 0.3) is 0 Å². The van der Waals surface area contributed by atoms with Crippen molar-refractivity contribution in [2.75, 3.05) is 53.4 Å². The van der Waals surface area contributed by atoms with Crippen molar-refractivity contribution in [3.63, 3.8) is 0 Å². The topological polar surface area (TPSA) is 69.2 Å². The summed E-state index contributed by atoms with van der Waals surface area (Å²) in [5.41, 5.74) is 0. The number of aliphatic imine (C=N–C) groups is 1. The van der Waals surface area contributed by atoms with Crippen LogP contribution in [-0.4, -0.2) is 81.2 Å². The molecular weight excluding hydrogens is 489 g/mol. The number of hydrogen-bond donors (Lipinski definition) is 2. The van der Waals surface area contributed by atoms with Crippen molar-refractivity contribution in [2.24, 2.45) is 4.99 Å². The van der Waals surface area contributed by atoms with Crippen molar-refractivity contribution in [3.05, 3.63) is 22.4 Å². The first-order valence-electron chi connectivity index (χ1n) is 9.62. The molecular formula is C19H34IN5O2S. The molecule has 1 aliphatic heterocycles. The highest BCUT2D eigenvalue weighted by Crippen LogP contribution is 2.26. The molecule has 160 valence electrons. The van der Waals surface area contributed by atoms with Crippen LogP contribution in [0.4, 0.5) is 0 Å². The SMILES string of the molecule is CCCNC(=NCC(=O)N(C)C)NCC(c1cccs1)N1CCOC(C)C1.I. The van der Waals surface area contributed by atoms with E-state index in [1.54, 1.807) is 30.3 Å². The van der Waals surface area contributed by atoms with Gasteiger partial charge >= 0.3 is 0 Å². The summed E-state index contributed by atoms with van der Waals surface area (Å²) in [4.78, 5) is 21.7. The Morgan fingerprint density at radius 1 is 1.46 bits per heavy atom. The van der Waals surface area contributed by atoms with Gasteiger partial charge in [0.1, 0.15) is 6.54 Å². The molecule has 1 saturated heterocycles. The summed E-state index contributed by atoms with van der Waals surface area (Å²) < 4.78 is 5.70. The second kappa shape index (κ2) is 13.3. The number of rotatable bonds is 8. The van der Waals surface area contributed by atoms with Crippen LogP contribution in [0.25, 0.3) is 0 Å². The molecule has 2 rings (SSSR count). The van der Waals surface area contributed by atoms with Crippen molar-refractivity contribution in [1.82, 2.24) is 20.4 Å². The van der Waals surface area contributed by atoms with Gasteiger partial charge in [-0.2, -0.15) is 0 Å². The molecule has 9 heteroatoms. The second-order valence-corrected chi connectivity index (χ2v) is 7.95. The van der Waals surface area contributed by atoms with E-state index >= 15 is 0 Å². The zero-order valence-corrected chi connectivity index (χ0v) is 20.5. The van der Waals surface area contributed by atoms with Gasteiger partial charge in [-0.3, -0.25) is 9.69 Å². The Morgan fingerprint density at radius 3 is 2.86 bits per heavy atom. The third-order valence-electron chi connectivity index (χ3n) is 4.46. The van der Waals surface area contributed by atoms with Crippen molar-refractivity contribution in [3.8, 4) is 0 Å². The monoisotopic (exact) mass is 523 g/mol. The minimum absolute atomic E-state index is 0. The van der Waals surface area contributed by atoms with E-state index in [9.17, 15) is 4.79 Å². The number of amides is 1. The maximum Gasteiger partial charge on any atom is 0.243 e. The summed E-state index contributed by atoms with van der Waals surface area (Å²) >= 11 is 1.77. The van der Waals surface area contributed by atoms with E-state index in [1.165, 1.54) is 4.88 Å². The molecule has 0 saturated carbocycles. The summed E-state index contributed by atoms with van der Waals surface area (Å²) in [5.74, 6) is 0.680. The van der Waals surface area contributed by atoms with E-state index in [4.69, 9.17) is 4.74 Å². The maximum atomic E-state index is 11.9. The maximum absolute atomic E-state index is 11.9. The van der Waals surface area contributed by atoms with E-state index < -0.39 is 0 Å². The lowest BCUT2D eigenvalue weighted by atomic mass is 10.1. The number of carbonyl (C=O) groups is 1. The van der Waals surface area contributed by atoms with Crippen LogP contribution < -0.4 is 10.6 Å². The summed E-state index contributed by atoms with van der Waals surface area (Å²) in [6.07, 6.45) is 1.24. The first-order valence-corrected chi connectivity index (χ1v) is 10.5. The summed E-state index contributed by atoms with van der Waals surface area (Å²) in [5, 5.41) is 8.86. The lowest BCUT2D eigenvalue weighted by Crippen LogP contribution is -2.48. The Bertz CT molecular complexity index is 597. The average Bonchev–Trinajstić information content (AvgIpc) is 3.17. The quantitative estimate of drug-likeness (QED) is 0.311. The molecule has 0 radical (unpaired) electrons. The Morgan fingerprint density at radius 2 is 2.25 bits per heavy atom. The number of nitrogens with one attached hydrogen (secondary N) is 2. The fourth-order valence-corrected chi connectivity index (χ4v) is 3.78. The number of thiophene rings is 1. The van der Waals surface area contributed by atoms with Gasteiger partial charge in [0.15, 0.2) is 5.96 Å². The largest absolute Gasteiger partial charge is 0.376 e. The first kappa shape index (κ1) is 25.1. The first-order chi connectivity index (χ1) is 13.0. The highest BCUT2D eigenvalue weighted by Gasteiger charge is 2.26. The van der Waals surface area contributed by atoms with Gasteiger partial charge in [-0.05, 0) is 24.8 Å². The number of halogens is 1. The standard InChI is InChI=1S/C19H33N5O2S.HI/c1-5-8-20-19(22-13-18(25)23(3)4)21-12-16(17-7-6-11-27-17)24-9-10-26-15(2)14-24;/h6-7,11,15-16H,5,8-10,12-14H2,1-4H3,(H2,20,21,22);1H. The number of ether oxygens (including phenoxy) is 1. The van der Waals surface area contributed by atoms with Crippen LogP contribution >= 0.6 is 35.3 Å². The number of morpholine rings is 1. The second-order valence-electron chi connectivity index (χ2n) is 6.97. The molecule has 1 aliphatic rings. The molecule has 2 heterocycles. The Kier molecular flexibility index (Phi) is 12.0. The van der Waals surface area contributed by atoms with E-state index in [0.29, 0.717) is 5.96 Å². The predicted molar refractivity (Wildman–Crippen MR) is 127 cm³/mol. The average molecular weight is 523 g/mol. The van der Waals surface area contributed by atoms with Crippen LogP contribution in [0.2, 0.25) is 0 Å². The summed E-state index contributed by atoms with van der Waals surface area (Å²) in [6, 6.07) is 4.54. The number of nitrogens with zero attached hydrogens (tertiary/aromatic N) is 3. The van der Waals surface area contributed by atoms with Gasteiger partial charge in [0.2, 0.25) is 5.91 Å². The third kappa shape index (κ3) is 8.22. The lowest BCUT2D eigenvalue weighted by molar-refractivity contribution is -0.127. The van der Waals surface area contributed by atoms with Gasteiger partial charge in [0, 0.05) is 45.2 Å². The van der Waals surface area contributed by atoms with E-state index in [1.807, 2.05) is 0 Å². The zero-order valence-electron chi connectivity index (χ0n) is 17.3. The fourth-order valence-electron chi connectivity index (χ4n) is 2.92. The van der Waals surface area contributed by atoms with Crippen molar-refractivity contribution in [2.45, 2.75) is 32.4 Å². The molecule has 28 heavy (non-hydrogen) atoms. The van der Waals surface area contributed by atoms with Crippen LogP contribution in [0.5, 0.6) is 0 Å². The highest BCUT2D eigenvalue weighted by molar-refractivity contribution is 14.0. The Labute approximate surface area is 189 Å². The fraction of sp³-hybridized carbons (Fsp3) is 0.684. The zero-order chi connectivity index (χ0) is 19.6. The Balaban J connectivity index is 0.00000392. The van der Waals surface area contributed by atoms with Crippen LogP contribution in [0.1, 0.15) is 31.2 Å². The van der Waals surface area contributed by atoms with Gasteiger partial charge in [-0.25, -0.2) is 4.99 Å². The minimum atomic E-state index is -0.00981. The molecule has 2 atom stereocenters. The molecule has 2 N–H and O–H groups in total. The van der Waals surface area contributed by atoms with E-state index in [2.05, 4.69) is 51.9 Å². The number of likely N-dealkylation sites (N-methyl/N-ethyl adjacent to an activating group) is 1. The molecule has 1 aromatic heterocycles. The normalized spacial score (nSPS) is 18.9.